The zero-order valence-corrected chi connectivity index (χ0v) is 9.64. The predicted molar refractivity (Wildman–Crippen MR) is 64.2 cm³/mol. The van der Waals surface area contributed by atoms with Gasteiger partial charge in [0.25, 0.3) is 0 Å². The van der Waals surface area contributed by atoms with Crippen molar-refractivity contribution < 1.29 is 4.39 Å². The first-order valence-corrected chi connectivity index (χ1v) is 5.46. The highest BCUT2D eigenvalue weighted by molar-refractivity contribution is 7.71. The standard InChI is InChI=1S/C12H11FN2S/c1-2-10-7-11(16)15-12(14-10)8-4-3-5-9(13)6-8/h3-7H,2H2,1H3,(H,14,15,16). The van der Waals surface area contributed by atoms with Gasteiger partial charge in [0.2, 0.25) is 0 Å². The SMILES string of the molecule is CCc1cc(=S)nc(-c2cccc(F)c2)[nH]1. The quantitative estimate of drug-likeness (QED) is 0.805. The zero-order chi connectivity index (χ0) is 11.5. The molecule has 4 heteroatoms. The predicted octanol–water partition coefficient (Wildman–Crippen LogP) is 3.51. The fourth-order valence-corrected chi connectivity index (χ4v) is 1.70. The van der Waals surface area contributed by atoms with Crippen molar-refractivity contribution in [3.05, 3.63) is 46.5 Å². The van der Waals surface area contributed by atoms with E-state index in [1.54, 1.807) is 12.1 Å². The molecule has 1 aromatic heterocycles. The third kappa shape index (κ3) is 2.33. The summed E-state index contributed by atoms with van der Waals surface area (Å²) in [5.41, 5.74) is 1.71. The Hall–Kier alpha value is -1.55. The summed E-state index contributed by atoms with van der Waals surface area (Å²) in [5.74, 6) is 0.337. The second kappa shape index (κ2) is 4.53. The normalized spacial score (nSPS) is 10.4. The molecule has 2 nitrogen and oxygen atoms in total. The molecule has 1 N–H and O–H groups in total. The van der Waals surface area contributed by atoms with Gasteiger partial charge in [-0.1, -0.05) is 31.3 Å². The molecule has 0 radical (unpaired) electrons. The molecule has 0 unspecified atom stereocenters. The second-order valence-electron chi connectivity index (χ2n) is 3.46. The first-order valence-electron chi connectivity index (χ1n) is 5.05. The summed E-state index contributed by atoms with van der Waals surface area (Å²) in [6.45, 7) is 2.02. The number of halogens is 1. The number of hydrogen-bond acceptors (Lipinski definition) is 2. The number of nitrogens with one attached hydrogen (secondary N) is 1. The number of aromatic nitrogens is 2. The molecule has 0 spiro atoms. The smallest absolute Gasteiger partial charge is 0.139 e. The van der Waals surface area contributed by atoms with Crippen molar-refractivity contribution in [2.45, 2.75) is 13.3 Å². The summed E-state index contributed by atoms with van der Waals surface area (Å²) < 4.78 is 13.6. The Morgan fingerprint density at radius 1 is 1.38 bits per heavy atom. The molecular formula is C12H11FN2S. The average molecular weight is 234 g/mol. The third-order valence-corrected chi connectivity index (χ3v) is 2.49. The molecule has 16 heavy (non-hydrogen) atoms. The highest BCUT2D eigenvalue weighted by Gasteiger charge is 2.02. The van der Waals surface area contributed by atoms with Gasteiger partial charge in [0.1, 0.15) is 16.3 Å². The van der Waals surface area contributed by atoms with E-state index < -0.39 is 0 Å². The zero-order valence-electron chi connectivity index (χ0n) is 8.83. The topological polar surface area (TPSA) is 28.7 Å². The number of aryl methyl sites for hydroxylation is 1. The van der Waals surface area contributed by atoms with Crippen molar-refractivity contribution in [2.75, 3.05) is 0 Å². The Kier molecular flexibility index (Phi) is 3.10. The number of aromatic amines is 1. The van der Waals surface area contributed by atoms with Crippen LogP contribution >= 0.6 is 12.2 Å². The second-order valence-corrected chi connectivity index (χ2v) is 3.88. The van der Waals surface area contributed by atoms with Crippen LogP contribution in [0, 0.1) is 10.5 Å². The minimum Gasteiger partial charge on any atom is -0.343 e. The first-order chi connectivity index (χ1) is 7.69. The lowest BCUT2D eigenvalue weighted by atomic mass is 10.2. The van der Waals surface area contributed by atoms with Crippen molar-refractivity contribution in [1.29, 1.82) is 0 Å². The summed E-state index contributed by atoms with van der Waals surface area (Å²) in [6, 6.07) is 8.12. The molecule has 0 aliphatic rings. The van der Waals surface area contributed by atoms with E-state index in [2.05, 4.69) is 9.97 Å². The molecule has 0 bridgehead atoms. The number of benzene rings is 1. The molecule has 0 aliphatic carbocycles. The lowest BCUT2D eigenvalue weighted by Gasteiger charge is -2.04. The van der Waals surface area contributed by atoms with Gasteiger partial charge in [0, 0.05) is 11.3 Å². The highest BCUT2D eigenvalue weighted by atomic mass is 32.1. The van der Waals surface area contributed by atoms with Gasteiger partial charge in [0.05, 0.1) is 0 Å². The summed E-state index contributed by atoms with van der Waals surface area (Å²) in [6.07, 6.45) is 0.842. The molecule has 2 aromatic rings. The molecule has 0 saturated carbocycles. The van der Waals surface area contributed by atoms with Crippen LogP contribution in [0.4, 0.5) is 4.39 Å². The van der Waals surface area contributed by atoms with Gasteiger partial charge in [-0.15, -0.1) is 0 Å². The fraction of sp³-hybridized carbons (Fsp3) is 0.167. The maximum Gasteiger partial charge on any atom is 0.139 e. The molecule has 0 saturated heterocycles. The minimum atomic E-state index is -0.277. The number of hydrogen-bond donors (Lipinski definition) is 1. The van der Waals surface area contributed by atoms with E-state index in [0.717, 1.165) is 12.1 Å². The summed E-state index contributed by atoms with van der Waals surface area (Å²) in [7, 11) is 0. The Labute approximate surface area is 98.2 Å². The summed E-state index contributed by atoms with van der Waals surface area (Å²) in [5, 5.41) is 0. The van der Waals surface area contributed by atoms with Gasteiger partial charge in [-0.25, -0.2) is 9.37 Å². The van der Waals surface area contributed by atoms with Crippen LogP contribution in [0.2, 0.25) is 0 Å². The Morgan fingerprint density at radius 2 is 2.19 bits per heavy atom. The van der Waals surface area contributed by atoms with Crippen LogP contribution in [0.15, 0.2) is 30.3 Å². The fourth-order valence-electron chi connectivity index (χ4n) is 1.47. The van der Waals surface area contributed by atoms with Crippen LogP contribution < -0.4 is 0 Å². The minimum absolute atomic E-state index is 0.277. The van der Waals surface area contributed by atoms with E-state index in [1.165, 1.54) is 12.1 Å². The maximum absolute atomic E-state index is 13.1. The number of nitrogens with zero attached hydrogens (tertiary/aromatic N) is 1. The largest absolute Gasteiger partial charge is 0.343 e. The van der Waals surface area contributed by atoms with E-state index in [1.807, 2.05) is 13.0 Å². The number of rotatable bonds is 2. The van der Waals surface area contributed by atoms with Crippen LogP contribution in [-0.2, 0) is 6.42 Å². The maximum atomic E-state index is 13.1. The highest BCUT2D eigenvalue weighted by Crippen LogP contribution is 2.16. The lowest BCUT2D eigenvalue weighted by Crippen LogP contribution is -1.95. The van der Waals surface area contributed by atoms with Gasteiger partial charge in [0.15, 0.2) is 0 Å². The first kappa shape index (κ1) is 11.0. The van der Waals surface area contributed by atoms with E-state index in [4.69, 9.17) is 12.2 Å². The molecule has 82 valence electrons. The van der Waals surface area contributed by atoms with E-state index >= 15 is 0 Å². The van der Waals surface area contributed by atoms with Crippen molar-refractivity contribution in [2.24, 2.45) is 0 Å². The average Bonchev–Trinajstić information content (AvgIpc) is 2.28. The summed E-state index contributed by atoms with van der Waals surface area (Å²) in [4.78, 5) is 7.32. The van der Waals surface area contributed by atoms with Gasteiger partial charge < -0.3 is 4.98 Å². The van der Waals surface area contributed by atoms with Gasteiger partial charge in [-0.3, -0.25) is 0 Å². The van der Waals surface area contributed by atoms with Crippen LogP contribution in [0.5, 0.6) is 0 Å². The molecule has 0 aliphatic heterocycles. The number of H-pyrrole nitrogens is 1. The van der Waals surface area contributed by atoms with E-state index in [0.29, 0.717) is 16.0 Å². The van der Waals surface area contributed by atoms with Crippen molar-refractivity contribution in [3.63, 3.8) is 0 Å². The molecule has 0 fully saturated rings. The van der Waals surface area contributed by atoms with Crippen LogP contribution in [0.1, 0.15) is 12.6 Å². The van der Waals surface area contributed by atoms with Gasteiger partial charge in [-0.05, 0) is 24.6 Å². The van der Waals surface area contributed by atoms with Crippen LogP contribution in [0.25, 0.3) is 11.4 Å². The van der Waals surface area contributed by atoms with Crippen molar-refractivity contribution in [3.8, 4) is 11.4 Å². The van der Waals surface area contributed by atoms with Gasteiger partial charge in [-0.2, -0.15) is 0 Å². The molecular weight excluding hydrogens is 223 g/mol. The van der Waals surface area contributed by atoms with E-state index in [-0.39, 0.29) is 5.82 Å². The molecule has 0 amide bonds. The Morgan fingerprint density at radius 3 is 2.88 bits per heavy atom. The third-order valence-electron chi connectivity index (χ3n) is 2.28. The lowest BCUT2D eigenvalue weighted by molar-refractivity contribution is 0.628. The molecule has 1 aromatic carbocycles. The monoisotopic (exact) mass is 234 g/mol. The van der Waals surface area contributed by atoms with E-state index in [9.17, 15) is 4.39 Å². The molecule has 2 rings (SSSR count). The Bertz CT molecular complexity index is 563. The van der Waals surface area contributed by atoms with Crippen molar-refractivity contribution >= 4 is 12.2 Å². The summed E-state index contributed by atoms with van der Waals surface area (Å²) >= 11 is 5.06. The van der Waals surface area contributed by atoms with Crippen molar-refractivity contribution in [1.82, 2.24) is 9.97 Å². The molecule has 1 heterocycles. The van der Waals surface area contributed by atoms with Crippen LogP contribution in [0.3, 0.4) is 0 Å². The molecule has 0 atom stereocenters. The Balaban J connectivity index is 2.55. The van der Waals surface area contributed by atoms with Crippen LogP contribution in [-0.4, -0.2) is 9.97 Å². The van der Waals surface area contributed by atoms with Gasteiger partial charge >= 0.3 is 0 Å².